The number of carbonyl (C=O) groups is 1. The minimum atomic E-state index is -0.157. The van der Waals surface area contributed by atoms with E-state index in [0.29, 0.717) is 29.6 Å². The van der Waals surface area contributed by atoms with Gasteiger partial charge in [-0.05, 0) is 24.3 Å². The zero-order valence-electron chi connectivity index (χ0n) is 16.0. The van der Waals surface area contributed by atoms with E-state index in [-0.39, 0.29) is 12.6 Å². The molecule has 1 N–H and O–H groups in total. The first-order chi connectivity index (χ1) is 14.7. The maximum atomic E-state index is 12.7. The highest BCUT2D eigenvalue weighted by Crippen LogP contribution is 2.25. The molecule has 0 atom stereocenters. The van der Waals surface area contributed by atoms with Crippen LogP contribution in [0.2, 0.25) is 5.02 Å². The number of aromatic nitrogens is 3. The molecule has 0 saturated heterocycles. The Morgan fingerprint density at radius 1 is 1.10 bits per heavy atom. The van der Waals surface area contributed by atoms with Gasteiger partial charge in [-0.1, -0.05) is 47.1 Å². The van der Waals surface area contributed by atoms with Crippen molar-refractivity contribution in [2.45, 2.75) is 19.6 Å². The Morgan fingerprint density at radius 2 is 1.90 bits per heavy atom. The van der Waals surface area contributed by atoms with Crippen LogP contribution in [0.15, 0.2) is 71.4 Å². The van der Waals surface area contributed by atoms with Gasteiger partial charge in [0.1, 0.15) is 5.69 Å². The summed E-state index contributed by atoms with van der Waals surface area (Å²) in [4.78, 5) is 14.4. The van der Waals surface area contributed by atoms with Gasteiger partial charge < -0.3 is 14.7 Å². The van der Waals surface area contributed by atoms with Gasteiger partial charge in [0, 0.05) is 22.2 Å². The van der Waals surface area contributed by atoms with E-state index in [0.717, 1.165) is 22.5 Å². The molecule has 2 aromatic heterocycles. The van der Waals surface area contributed by atoms with Gasteiger partial charge in [0.2, 0.25) is 0 Å². The van der Waals surface area contributed by atoms with Crippen molar-refractivity contribution in [3.63, 3.8) is 0 Å². The first kappa shape index (κ1) is 18.4. The summed E-state index contributed by atoms with van der Waals surface area (Å²) in [6, 6.07) is 18.9. The molecule has 2 amide bonds. The van der Waals surface area contributed by atoms with E-state index in [1.54, 1.807) is 17.0 Å². The summed E-state index contributed by atoms with van der Waals surface area (Å²) in [6.45, 7) is 1.29. The van der Waals surface area contributed by atoms with Gasteiger partial charge in [0.05, 0.1) is 37.2 Å². The summed E-state index contributed by atoms with van der Waals surface area (Å²) in [5.41, 5.74) is 4.67. The van der Waals surface area contributed by atoms with Crippen LogP contribution in [0.4, 0.5) is 4.79 Å². The first-order valence-corrected chi connectivity index (χ1v) is 9.91. The lowest BCUT2D eigenvalue weighted by Gasteiger charge is -2.16. The average molecular weight is 420 g/mol. The number of rotatable bonds is 4. The van der Waals surface area contributed by atoms with E-state index < -0.39 is 0 Å². The molecule has 4 aromatic rings. The topological polar surface area (TPSA) is 76.2 Å². The van der Waals surface area contributed by atoms with Crippen LogP contribution in [-0.4, -0.2) is 25.9 Å². The second-order valence-corrected chi connectivity index (χ2v) is 7.50. The quantitative estimate of drug-likeness (QED) is 0.531. The third-order valence-corrected chi connectivity index (χ3v) is 5.31. The summed E-state index contributed by atoms with van der Waals surface area (Å²) in [6.07, 6.45) is 1.82. The van der Waals surface area contributed by atoms with Crippen LogP contribution in [-0.2, 0) is 19.6 Å². The Morgan fingerprint density at radius 3 is 2.70 bits per heavy atom. The molecule has 30 heavy (non-hydrogen) atoms. The number of halogens is 1. The number of benzene rings is 2. The highest BCUT2D eigenvalue weighted by Gasteiger charge is 2.27. The normalized spacial score (nSPS) is 12.8. The summed E-state index contributed by atoms with van der Waals surface area (Å²) in [7, 11) is 0. The summed E-state index contributed by atoms with van der Waals surface area (Å²) < 4.78 is 7.24. The molecule has 0 aliphatic carbocycles. The summed E-state index contributed by atoms with van der Waals surface area (Å²) in [5, 5.41) is 12.1. The van der Waals surface area contributed by atoms with Gasteiger partial charge in [0.15, 0.2) is 5.76 Å². The van der Waals surface area contributed by atoms with E-state index in [2.05, 4.69) is 15.6 Å². The maximum absolute atomic E-state index is 12.7. The van der Waals surface area contributed by atoms with Crippen LogP contribution >= 0.6 is 11.6 Å². The fourth-order valence-corrected chi connectivity index (χ4v) is 3.64. The van der Waals surface area contributed by atoms with Crippen LogP contribution in [0.25, 0.3) is 16.9 Å². The standard InChI is InChI=1S/C22H18ClN5O2/c23-17-8-6-15(7-9-17)20-10-19(30-26-20)12-24-22(29)27-13-16-11-25-28(21(16)14-27)18-4-2-1-3-5-18/h1-11H,12-14H2,(H,24,29). The molecule has 0 radical (unpaired) electrons. The van der Waals surface area contributed by atoms with Crippen LogP contribution in [0.1, 0.15) is 17.0 Å². The average Bonchev–Trinajstić information content (AvgIpc) is 3.49. The van der Waals surface area contributed by atoms with Gasteiger partial charge in [-0.2, -0.15) is 5.10 Å². The SMILES string of the molecule is O=C(NCc1cc(-c2ccc(Cl)cc2)no1)N1Cc2cnn(-c3ccccc3)c2C1. The number of para-hydroxylation sites is 1. The molecule has 0 spiro atoms. The lowest BCUT2D eigenvalue weighted by molar-refractivity contribution is 0.195. The Hall–Kier alpha value is -3.58. The van der Waals surface area contributed by atoms with Crippen LogP contribution in [0.5, 0.6) is 0 Å². The molecule has 150 valence electrons. The number of nitrogens with one attached hydrogen (secondary N) is 1. The molecule has 0 unspecified atom stereocenters. The van der Waals surface area contributed by atoms with Crippen molar-refractivity contribution in [2.24, 2.45) is 0 Å². The zero-order valence-corrected chi connectivity index (χ0v) is 16.7. The molecule has 3 heterocycles. The van der Waals surface area contributed by atoms with Gasteiger partial charge in [-0.15, -0.1) is 0 Å². The second-order valence-electron chi connectivity index (χ2n) is 7.06. The predicted octanol–water partition coefficient (Wildman–Crippen LogP) is 4.41. The molecule has 0 fully saturated rings. The fourth-order valence-electron chi connectivity index (χ4n) is 3.51. The van der Waals surface area contributed by atoms with Crippen molar-refractivity contribution < 1.29 is 9.32 Å². The number of nitrogens with zero attached hydrogens (tertiary/aromatic N) is 4. The minimum Gasteiger partial charge on any atom is -0.359 e. The highest BCUT2D eigenvalue weighted by atomic mass is 35.5. The Bertz CT molecular complexity index is 1180. The molecule has 0 bridgehead atoms. The van der Waals surface area contributed by atoms with E-state index in [9.17, 15) is 4.79 Å². The van der Waals surface area contributed by atoms with Crippen LogP contribution in [0, 0.1) is 0 Å². The van der Waals surface area contributed by atoms with E-state index in [4.69, 9.17) is 16.1 Å². The number of fused-ring (bicyclic) bond motifs is 1. The smallest absolute Gasteiger partial charge is 0.318 e. The molecule has 5 rings (SSSR count). The second kappa shape index (κ2) is 7.68. The van der Waals surface area contributed by atoms with Gasteiger partial charge >= 0.3 is 6.03 Å². The predicted molar refractivity (Wildman–Crippen MR) is 112 cm³/mol. The maximum Gasteiger partial charge on any atom is 0.318 e. The third kappa shape index (κ3) is 3.55. The largest absolute Gasteiger partial charge is 0.359 e. The number of amides is 2. The molecular weight excluding hydrogens is 402 g/mol. The summed E-state index contributed by atoms with van der Waals surface area (Å²) >= 11 is 5.92. The van der Waals surface area contributed by atoms with E-state index in [1.807, 2.05) is 59.4 Å². The van der Waals surface area contributed by atoms with Crippen molar-refractivity contribution in [3.8, 4) is 16.9 Å². The Balaban J connectivity index is 1.22. The first-order valence-electron chi connectivity index (χ1n) is 9.53. The van der Waals surface area contributed by atoms with E-state index in [1.165, 1.54) is 0 Å². The monoisotopic (exact) mass is 419 g/mol. The van der Waals surface area contributed by atoms with Gasteiger partial charge in [-0.25, -0.2) is 9.48 Å². The number of urea groups is 1. The molecule has 1 aliphatic heterocycles. The molecule has 2 aromatic carbocycles. The van der Waals surface area contributed by atoms with Gasteiger partial charge in [-0.3, -0.25) is 0 Å². The molecule has 7 nitrogen and oxygen atoms in total. The van der Waals surface area contributed by atoms with Crippen molar-refractivity contribution in [2.75, 3.05) is 0 Å². The lowest BCUT2D eigenvalue weighted by atomic mass is 10.1. The Labute approximate surface area is 177 Å². The van der Waals surface area contributed by atoms with Gasteiger partial charge in [0.25, 0.3) is 0 Å². The van der Waals surface area contributed by atoms with E-state index >= 15 is 0 Å². The highest BCUT2D eigenvalue weighted by molar-refractivity contribution is 6.30. The van der Waals surface area contributed by atoms with Crippen molar-refractivity contribution in [1.29, 1.82) is 0 Å². The molecular formula is C22H18ClN5O2. The number of hydrogen-bond donors (Lipinski definition) is 1. The summed E-state index contributed by atoms with van der Waals surface area (Å²) in [5.74, 6) is 0.584. The van der Waals surface area contributed by atoms with Crippen LogP contribution in [0.3, 0.4) is 0 Å². The zero-order chi connectivity index (χ0) is 20.5. The number of carbonyl (C=O) groups excluding carboxylic acids is 1. The minimum absolute atomic E-state index is 0.157. The lowest BCUT2D eigenvalue weighted by Crippen LogP contribution is -2.36. The van der Waals surface area contributed by atoms with Crippen LogP contribution < -0.4 is 5.32 Å². The van der Waals surface area contributed by atoms with Crippen molar-refractivity contribution >= 4 is 17.6 Å². The van der Waals surface area contributed by atoms with Crippen molar-refractivity contribution in [1.82, 2.24) is 25.2 Å². The molecule has 0 saturated carbocycles. The Kier molecular flexibility index (Phi) is 4.72. The fraction of sp³-hybridized carbons (Fsp3) is 0.136. The third-order valence-electron chi connectivity index (χ3n) is 5.06. The number of hydrogen-bond acceptors (Lipinski definition) is 4. The molecule has 1 aliphatic rings. The molecule has 8 heteroatoms. The van der Waals surface area contributed by atoms with Crippen molar-refractivity contribution in [3.05, 3.63) is 88.9 Å².